The van der Waals surface area contributed by atoms with Gasteiger partial charge in [0, 0.05) is 5.57 Å². The summed E-state index contributed by atoms with van der Waals surface area (Å²) in [5.41, 5.74) is 4.37. The van der Waals surface area contributed by atoms with Gasteiger partial charge in [-0.25, -0.2) is 0 Å². The van der Waals surface area contributed by atoms with Gasteiger partial charge in [-0.2, -0.15) is 5.26 Å². The quantitative estimate of drug-likeness (QED) is 0.234. The molecule has 1 nitrogen and oxygen atoms in total. The Bertz CT molecular complexity index is 547. The molecule has 0 spiro atoms. The van der Waals surface area contributed by atoms with Gasteiger partial charge in [0.1, 0.15) is 0 Å². The van der Waals surface area contributed by atoms with E-state index in [-0.39, 0.29) is 0 Å². The van der Waals surface area contributed by atoms with E-state index in [1.165, 1.54) is 25.7 Å². The van der Waals surface area contributed by atoms with Crippen molar-refractivity contribution in [3.8, 4) is 6.07 Å². The third-order valence-corrected chi connectivity index (χ3v) is 5.48. The average molecular weight is 354 g/mol. The third kappa shape index (κ3) is 8.05. The standard InChI is InChI=1S/C23H33N.C2H6/c1-7-21-11-13-23(14-12-21)22(8-2)15-19(5)20(6)18(4)10-9-17(3)16-24;1-2/h7-8,19,21,23H,1,3-4,6,9-15H2,2,5H3;1-2H3/b22-8+;. The maximum atomic E-state index is 8.81. The number of nitriles is 1. The first-order valence-corrected chi connectivity index (χ1v) is 10.1. The second kappa shape index (κ2) is 13.4. The van der Waals surface area contributed by atoms with E-state index in [9.17, 15) is 0 Å². The topological polar surface area (TPSA) is 23.8 Å². The Morgan fingerprint density at radius 2 is 1.69 bits per heavy atom. The zero-order chi connectivity index (χ0) is 20.1. The number of allylic oxidation sites excluding steroid dienone is 6. The highest BCUT2D eigenvalue weighted by Crippen LogP contribution is 2.37. The number of hydrogen-bond donors (Lipinski definition) is 0. The first kappa shape index (κ1) is 24.2. The zero-order valence-electron chi connectivity index (χ0n) is 17.6. The van der Waals surface area contributed by atoms with Crippen LogP contribution in [0.15, 0.2) is 60.8 Å². The van der Waals surface area contributed by atoms with Crippen LogP contribution in [-0.4, -0.2) is 0 Å². The van der Waals surface area contributed by atoms with Crippen molar-refractivity contribution in [3.05, 3.63) is 60.8 Å². The lowest BCUT2D eigenvalue weighted by atomic mass is 9.75. The fraction of sp³-hybridized carbons (Fsp3) is 0.560. The normalized spacial score (nSPS) is 20.8. The van der Waals surface area contributed by atoms with Crippen LogP contribution < -0.4 is 0 Å². The molecular formula is C25H39N. The average Bonchev–Trinajstić information content (AvgIpc) is 2.70. The largest absolute Gasteiger partial charge is 0.193 e. The minimum atomic E-state index is 0.399. The summed E-state index contributed by atoms with van der Waals surface area (Å²) in [6.07, 6.45) is 12.0. The van der Waals surface area contributed by atoms with Crippen molar-refractivity contribution in [3.63, 3.8) is 0 Å². The highest BCUT2D eigenvalue weighted by atomic mass is 14.3. The predicted octanol–water partition coefficient (Wildman–Crippen LogP) is 7.95. The van der Waals surface area contributed by atoms with Gasteiger partial charge in [0.15, 0.2) is 0 Å². The van der Waals surface area contributed by atoms with Crippen LogP contribution in [0, 0.1) is 29.1 Å². The van der Waals surface area contributed by atoms with Crippen molar-refractivity contribution in [2.24, 2.45) is 17.8 Å². The minimum Gasteiger partial charge on any atom is -0.193 e. The summed E-state index contributed by atoms with van der Waals surface area (Å²) in [5, 5.41) is 8.81. The fourth-order valence-electron chi connectivity index (χ4n) is 3.59. The van der Waals surface area contributed by atoms with Crippen molar-refractivity contribution in [1.82, 2.24) is 0 Å². The predicted molar refractivity (Wildman–Crippen MR) is 117 cm³/mol. The summed E-state index contributed by atoms with van der Waals surface area (Å²) in [6, 6.07) is 2.10. The molecule has 1 saturated carbocycles. The summed E-state index contributed by atoms with van der Waals surface area (Å²) in [7, 11) is 0. The molecule has 0 saturated heterocycles. The van der Waals surface area contributed by atoms with Crippen LogP contribution in [0.25, 0.3) is 0 Å². The third-order valence-electron chi connectivity index (χ3n) is 5.48. The van der Waals surface area contributed by atoms with E-state index in [4.69, 9.17) is 5.26 Å². The molecule has 0 aromatic carbocycles. The SMILES string of the molecule is C=CC1CCC(/C(=C/C)CC(C)C(=C)C(=C)CCC(=C)C#N)CC1.CC. The Balaban J connectivity index is 0.00000301. The van der Waals surface area contributed by atoms with Gasteiger partial charge in [0.05, 0.1) is 6.07 Å². The summed E-state index contributed by atoms with van der Waals surface area (Å²) in [5.74, 6) is 1.82. The molecule has 1 atom stereocenters. The Morgan fingerprint density at radius 3 is 2.15 bits per heavy atom. The highest BCUT2D eigenvalue weighted by Gasteiger charge is 2.23. The van der Waals surface area contributed by atoms with Crippen LogP contribution in [0.5, 0.6) is 0 Å². The Morgan fingerprint density at radius 1 is 1.12 bits per heavy atom. The highest BCUT2D eigenvalue weighted by molar-refractivity contribution is 5.30. The lowest BCUT2D eigenvalue weighted by Crippen LogP contribution is -2.16. The summed E-state index contributed by atoms with van der Waals surface area (Å²) in [6.45, 7) is 24.5. The molecule has 0 radical (unpaired) electrons. The lowest BCUT2D eigenvalue weighted by molar-refractivity contribution is 0.335. The van der Waals surface area contributed by atoms with E-state index in [0.29, 0.717) is 29.7 Å². The van der Waals surface area contributed by atoms with Gasteiger partial charge in [0.25, 0.3) is 0 Å². The Labute approximate surface area is 162 Å². The van der Waals surface area contributed by atoms with E-state index < -0.39 is 0 Å². The molecule has 144 valence electrons. The molecule has 0 bridgehead atoms. The lowest BCUT2D eigenvalue weighted by Gasteiger charge is -2.30. The first-order chi connectivity index (χ1) is 12.4. The molecule has 26 heavy (non-hydrogen) atoms. The zero-order valence-corrected chi connectivity index (χ0v) is 17.6. The summed E-state index contributed by atoms with van der Waals surface area (Å²) < 4.78 is 0. The van der Waals surface area contributed by atoms with Gasteiger partial charge in [-0.1, -0.05) is 63.8 Å². The van der Waals surface area contributed by atoms with Gasteiger partial charge in [-0.05, 0) is 75.2 Å². The van der Waals surface area contributed by atoms with Crippen molar-refractivity contribution >= 4 is 0 Å². The molecule has 0 amide bonds. The van der Waals surface area contributed by atoms with Gasteiger partial charge in [-0.15, -0.1) is 6.58 Å². The molecule has 0 heterocycles. The van der Waals surface area contributed by atoms with Crippen LogP contribution >= 0.6 is 0 Å². The molecule has 0 aromatic heterocycles. The number of hydrogen-bond acceptors (Lipinski definition) is 1. The summed E-state index contributed by atoms with van der Waals surface area (Å²) in [4.78, 5) is 0. The molecule has 1 aliphatic carbocycles. The molecule has 1 unspecified atom stereocenters. The van der Waals surface area contributed by atoms with Crippen molar-refractivity contribution in [2.75, 3.05) is 0 Å². The molecule has 1 heteroatoms. The van der Waals surface area contributed by atoms with Crippen molar-refractivity contribution in [1.29, 1.82) is 5.26 Å². The smallest absolute Gasteiger partial charge is 0.0940 e. The first-order valence-electron chi connectivity index (χ1n) is 10.1. The molecule has 0 N–H and O–H groups in total. The molecule has 0 aromatic rings. The Hall–Kier alpha value is -1.81. The van der Waals surface area contributed by atoms with E-state index in [1.54, 1.807) is 5.57 Å². The van der Waals surface area contributed by atoms with Crippen LogP contribution in [0.1, 0.15) is 72.6 Å². The Kier molecular flexibility index (Phi) is 12.5. The fourth-order valence-corrected chi connectivity index (χ4v) is 3.59. The van der Waals surface area contributed by atoms with Gasteiger partial charge in [-0.3, -0.25) is 0 Å². The van der Waals surface area contributed by atoms with Crippen LogP contribution in [-0.2, 0) is 0 Å². The minimum absolute atomic E-state index is 0.399. The summed E-state index contributed by atoms with van der Waals surface area (Å²) >= 11 is 0. The van der Waals surface area contributed by atoms with Crippen LogP contribution in [0.4, 0.5) is 0 Å². The molecule has 1 aliphatic rings. The van der Waals surface area contributed by atoms with Crippen molar-refractivity contribution in [2.45, 2.75) is 72.6 Å². The second-order valence-electron chi connectivity index (χ2n) is 7.16. The van der Waals surface area contributed by atoms with Crippen molar-refractivity contribution < 1.29 is 0 Å². The van der Waals surface area contributed by atoms with E-state index in [0.717, 1.165) is 24.0 Å². The van der Waals surface area contributed by atoms with Crippen LogP contribution in [0.3, 0.4) is 0 Å². The maximum Gasteiger partial charge on any atom is 0.0940 e. The van der Waals surface area contributed by atoms with Gasteiger partial charge < -0.3 is 0 Å². The van der Waals surface area contributed by atoms with E-state index in [2.05, 4.69) is 58.4 Å². The van der Waals surface area contributed by atoms with E-state index >= 15 is 0 Å². The molecule has 0 aliphatic heterocycles. The van der Waals surface area contributed by atoms with Crippen LogP contribution in [0.2, 0.25) is 0 Å². The maximum absolute atomic E-state index is 8.81. The van der Waals surface area contributed by atoms with E-state index in [1.807, 2.05) is 13.8 Å². The van der Waals surface area contributed by atoms with Gasteiger partial charge >= 0.3 is 0 Å². The number of nitrogens with zero attached hydrogens (tertiary/aromatic N) is 1. The number of rotatable bonds is 9. The molecule has 1 fully saturated rings. The second-order valence-corrected chi connectivity index (χ2v) is 7.16. The molecular weight excluding hydrogens is 314 g/mol. The van der Waals surface area contributed by atoms with Gasteiger partial charge in [0.2, 0.25) is 0 Å². The monoisotopic (exact) mass is 353 g/mol. The molecule has 1 rings (SSSR count).